The molecule has 0 fully saturated rings. The van der Waals surface area contributed by atoms with Crippen molar-refractivity contribution in [1.82, 2.24) is 10.6 Å². The van der Waals surface area contributed by atoms with E-state index in [2.05, 4.69) is 45.6 Å². The monoisotopic (exact) mass is 286 g/mol. The molecule has 82 valence electrons. The zero-order chi connectivity index (χ0) is 11.3. The highest BCUT2D eigenvalue weighted by molar-refractivity contribution is 9.10. The third kappa shape index (κ3) is 4.18. The minimum absolute atomic E-state index is 0.227. The molecule has 0 heterocycles. The molecule has 1 rings (SSSR count). The summed E-state index contributed by atoms with van der Waals surface area (Å²) < 4.78 is 1.09. The Labute approximate surface area is 105 Å². The quantitative estimate of drug-likeness (QED) is 0.836. The van der Waals surface area contributed by atoms with Gasteiger partial charge < -0.3 is 10.6 Å². The van der Waals surface area contributed by atoms with E-state index < -0.39 is 0 Å². The minimum Gasteiger partial charge on any atom is -0.363 e. The molecule has 0 aliphatic rings. The van der Waals surface area contributed by atoms with Gasteiger partial charge in [0.1, 0.15) is 0 Å². The van der Waals surface area contributed by atoms with Crippen LogP contribution in [0.5, 0.6) is 0 Å². The summed E-state index contributed by atoms with van der Waals surface area (Å²) in [4.78, 5) is 0. The highest BCUT2D eigenvalue weighted by Gasteiger charge is 2.05. The number of halogens is 1. The molecule has 0 aliphatic carbocycles. The predicted octanol–water partition coefficient (Wildman–Crippen LogP) is 2.99. The lowest BCUT2D eigenvalue weighted by molar-refractivity contribution is 0.702. The van der Waals surface area contributed by atoms with Crippen LogP contribution in [-0.2, 0) is 0 Å². The zero-order valence-electron chi connectivity index (χ0n) is 8.88. The molecule has 0 spiro atoms. The minimum atomic E-state index is 0.227. The Bertz CT molecular complexity index is 324. The summed E-state index contributed by atoms with van der Waals surface area (Å²) in [6.45, 7) is 4.96. The van der Waals surface area contributed by atoms with Crippen molar-refractivity contribution in [2.24, 2.45) is 0 Å². The van der Waals surface area contributed by atoms with Gasteiger partial charge >= 0.3 is 0 Å². The van der Waals surface area contributed by atoms with Crippen molar-refractivity contribution in [2.75, 3.05) is 6.54 Å². The zero-order valence-corrected chi connectivity index (χ0v) is 11.3. The SMILES string of the molecule is CCNC(=S)NC(C)c1ccc(Br)cc1. The first-order chi connectivity index (χ1) is 7.13. The van der Waals surface area contributed by atoms with E-state index in [0.29, 0.717) is 5.11 Å². The number of benzene rings is 1. The molecule has 0 amide bonds. The third-order valence-corrected chi connectivity index (χ3v) is 2.85. The van der Waals surface area contributed by atoms with Crippen molar-refractivity contribution in [1.29, 1.82) is 0 Å². The van der Waals surface area contributed by atoms with Crippen LogP contribution in [0, 0.1) is 0 Å². The molecule has 0 radical (unpaired) electrons. The largest absolute Gasteiger partial charge is 0.363 e. The van der Waals surface area contributed by atoms with Gasteiger partial charge in [-0.05, 0) is 43.8 Å². The fourth-order valence-corrected chi connectivity index (χ4v) is 1.83. The van der Waals surface area contributed by atoms with Crippen molar-refractivity contribution in [3.05, 3.63) is 34.3 Å². The van der Waals surface area contributed by atoms with E-state index in [1.54, 1.807) is 0 Å². The molecule has 1 atom stereocenters. The van der Waals surface area contributed by atoms with Gasteiger partial charge in [0.05, 0.1) is 6.04 Å². The summed E-state index contributed by atoms with van der Waals surface area (Å²) in [6.07, 6.45) is 0. The van der Waals surface area contributed by atoms with Gasteiger partial charge in [0.2, 0.25) is 0 Å². The molecule has 1 aromatic carbocycles. The Hall–Kier alpha value is -0.610. The highest BCUT2D eigenvalue weighted by atomic mass is 79.9. The molecule has 2 N–H and O–H groups in total. The van der Waals surface area contributed by atoms with E-state index in [1.807, 2.05) is 19.1 Å². The molecule has 15 heavy (non-hydrogen) atoms. The first-order valence-electron chi connectivity index (χ1n) is 4.93. The summed E-state index contributed by atoms with van der Waals surface area (Å²) >= 11 is 8.54. The Kier molecular flexibility index (Phi) is 5.05. The van der Waals surface area contributed by atoms with E-state index in [0.717, 1.165) is 11.0 Å². The van der Waals surface area contributed by atoms with Crippen molar-refractivity contribution in [2.45, 2.75) is 19.9 Å². The maximum atomic E-state index is 5.12. The maximum absolute atomic E-state index is 5.12. The fourth-order valence-electron chi connectivity index (χ4n) is 1.24. The lowest BCUT2D eigenvalue weighted by atomic mass is 10.1. The maximum Gasteiger partial charge on any atom is 0.166 e. The van der Waals surface area contributed by atoms with Gasteiger partial charge in [-0.3, -0.25) is 0 Å². The smallest absolute Gasteiger partial charge is 0.166 e. The van der Waals surface area contributed by atoms with Crippen LogP contribution in [0.1, 0.15) is 25.5 Å². The average Bonchev–Trinajstić information content (AvgIpc) is 2.18. The van der Waals surface area contributed by atoms with Gasteiger partial charge in [0.25, 0.3) is 0 Å². The molecule has 4 heteroatoms. The second-order valence-electron chi connectivity index (χ2n) is 3.28. The molecule has 0 aliphatic heterocycles. The number of rotatable bonds is 3. The van der Waals surface area contributed by atoms with Crippen LogP contribution in [0.4, 0.5) is 0 Å². The number of thiocarbonyl (C=S) groups is 1. The standard InChI is InChI=1S/C11H15BrN2S/c1-3-13-11(15)14-8(2)9-4-6-10(12)7-5-9/h4-8H,3H2,1-2H3,(H2,13,14,15). The van der Waals surface area contributed by atoms with Crippen LogP contribution in [0.15, 0.2) is 28.7 Å². The van der Waals surface area contributed by atoms with Gasteiger partial charge in [-0.1, -0.05) is 28.1 Å². The van der Waals surface area contributed by atoms with Crippen molar-refractivity contribution in [3.63, 3.8) is 0 Å². The Morgan fingerprint density at radius 2 is 2.00 bits per heavy atom. The number of nitrogens with one attached hydrogen (secondary N) is 2. The molecule has 2 nitrogen and oxygen atoms in total. The van der Waals surface area contributed by atoms with Crippen LogP contribution < -0.4 is 10.6 Å². The summed E-state index contributed by atoms with van der Waals surface area (Å²) in [5, 5.41) is 6.99. The van der Waals surface area contributed by atoms with Crippen molar-refractivity contribution >= 4 is 33.3 Å². The summed E-state index contributed by atoms with van der Waals surface area (Å²) in [6, 6.07) is 8.45. The van der Waals surface area contributed by atoms with Gasteiger partial charge in [-0.25, -0.2) is 0 Å². The van der Waals surface area contributed by atoms with Crippen molar-refractivity contribution < 1.29 is 0 Å². The van der Waals surface area contributed by atoms with Crippen molar-refractivity contribution in [3.8, 4) is 0 Å². The third-order valence-electron chi connectivity index (χ3n) is 2.05. The molecule has 1 aromatic rings. The van der Waals surface area contributed by atoms with Crippen LogP contribution in [-0.4, -0.2) is 11.7 Å². The van der Waals surface area contributed by atoms with Gasteiger partial charge in [-0.15, -0.1) is 0 Å². The van der Waals surface area contributed by atoms with Gasteiger partial charge in [-0.2, -0.15) is 0 Å². The topological polar surface area (TPSA) is 24.1 Å². The first-order valence-corrected chi connectivity index (χ1v) is 6.13. The normalized spacial score (nSPS) is 11.9. The first kappa shape index (κ1) is 12.5. The lowest BCUT2D eigenvalue weighted by Gasteiger charge is -2.16. The second-order valence-corrected chi connectivity index (χ2v) is 4.60. The van der Waals surface area contributed by atoms with E-state index in [-0.39, 0.29) is 6.04 Å². The van der Waals surface area contributed by atoms with E-state index in [4.69, 9.17) is 12.2 Å². The second kappa shape index (κ2) is 6.08. The van der Waals surface area contributed by atoms with Gasteiger partial charge in [0.15, 0.2) is 5.11 Å². The van der Waals surface area contributed by atoms with Crippen LogP contribution in [0.3, 0.4) is 0 Å². The van der Waals surface area contributed by atoms with Crippen LogP contribution in [0.2, 0.25) is 0 Å². The number of hydrogen-bond acceptors (Lipinski definition) is 1. The number of hydrogen-bond donors (Lipinski definition) is 2. The lowest BCUT2D eigenvalue weighted by Crippen LogP contribution is -2.36. The van der Waals surface area contributed by atoms with E-state index in [9.17, 15) is 0 Å². The molecular formula is C11H15BrN2S. The van der Waals surface area contributed by atoms with Crippen LogP contribution >= 0.6 is 28.1 Å². The fraction of sp³-hybridized carbons (Fsp3) is 0.364. The Balaban J connectivity index is 2.57. The summed E-state index contributed by atoms with van der Waals surface area (Å²) in [5.41, 5.74) is 1.22. The Morgan fingerprint density at radius 1 is 1.40 bits per heavy atom. The summed E-state index contributed by atoms with van der Waals surface area (Å²) in [5.74, 6) is 0. The van der Waals surface area contributed by atoms with Gasteiger partial charge in [0, 0.05) is 11.0 Å². The Morgan fingerprint density at radius 3 is 2.53 bits per heavy atom. The van der Waals surface area contributed by atoms with E-state index in [1.165, 1.54) is 5.56 Å². The molecular weight excluding hydrogens is 272 g/mol. The molecule has 0 aromatic heterocycles. The van der Waals surface area contributed by atoms with E-state index >= 15 is 0 Å². The van der Waals surface area contributed by atoms with Crippen LogP contribution in [0.25, 0.3) is 0 Å². The average molecular weight is 287 g/mol. The molecule has 0 bridgehead atoms. The predicted molar refractivity (Wildman–Crippen MR) is 72.0 cm³/mol. The molecule has 0 saturated carbocycles. The molecule has 0 saturated heterocycles. The molecule has 1 unspecified atom stereocenters. The highest BCUT2D eigenvalue weighted by Crippen LogP contribution is 2.16. The summed E-state index contributed by atoms with van der Waals surface area (Å²) in [7, 11) is 0.